The van der Waals surface area contributed by atoms with Crippen molar-refractivity contribution in [2.45, 2.75) is 44.7 Å². The van der Waals surface area contributed by atoms with Gasteiger partial charge in [-0.05, 0) is 56.2 Å². The molecule has 1 aromatic carbocycles. The number of benzene rings is 1. The molecule has 0 spiro atoms. The Bertz CT molecular complexity index is 939. The Balaban J connectivity index is 1.75. The molecule has 0 bridgehead atoms. The fourth-order valence-corrected chi connectivity index (χ4v) is 3.78. The molecule has 1 aliphatic rings. The molecule has 1 saturated carbocycles. The number of carbonyl (C=O) groups is 2. The number of furan rings is 2. The molecule has 1 N–H and O–H groups in total. The van der Waals surface area contributed by atoms with E-state index in [4.69, 9.17) is 8.83 Å². The first-order valence-corrected chi connectivity index (χ1v) is 9.91. The standard InChI is InChI=1S/C23H24N2O4/c1-16-10-12-18(13-11-16)25(23(27)20-9-5-15-29-20)21(19-8-4-14-28-19)22(26)24-17-6-2-3-7-17/h4-5,8-15,17,21H,2-3,6-7H2,1H3,(H,24,26)/t21-/m1/s1. The Hall–Kier alpha value is -3.28. The minimum Gasteiger partial charge on any atom is -0.467 e. The van der Waals surface area contributed by atoms with E-state index in [0.717, 1.165) is 31.2 Å². The van der Waals surface area contributed by atoms with Crippen LogP contribution in [0.15, 0.2) is 69.9 Å². The summed E-state index contributed by atoms with van der Waals surface area (Å²) in [6.45, 7) is 1.97. The highest BCUT2D eigenvalue weighted by atomic mass is 16.3. The highest BCUT2D eigenvalue weighted by Crippen LogP contribution is 2.31. The van der Waals surface area contributed by atoms with Crippen molar-refractivity contribution in [2.24, 2.45) is 0 Å². The summed E-state index contributed by atoms with van der Waals surface area (Å²) in [6.07, 6.45) is 7.06. The van der Waals surface area contributed by atoms with Gasteiger partial charge in [-0.1, -0.05) is 30.5 Å². The molecule has 2 aromatic heterocycles. The summed E-state index contributed by atoms with van der Waals surface area (Å²) < 4.78 is 10.9. The number of carbonyl (C=O) groups excluding carboxylic acids is 2. The lowest BCUT2D eigenvalue weighted by Crippen LogP contribution is -2.46. The maximum Gasteiger partial charge on any atom is 0.295 e. The first-order valence-electron chi connectivity index (χ1n) is 9.91. The molecule has 3 aromatic rings. The van der Waals surface area contributed by atoms with Gasteiger partial charge in [-0.3, -0.25) is 14.5 Å². The van der Waals surface area contributed by atoms with E-state index in [1.165, 1.54) is 17.4 Å². The molecule has 150 valence electrons. The monoisotopic (exact) mass is 392 g/mol. The second-order valence-corrected chi connectivity index (χ2v) is 7.40. The Kier molecular flexibility index (Phi) is 5.51. The lowest BCUT2D eigenvalue weighted by Gasteiger charge is -2.30. The van der Waals surface area contributed by atoms with Gasteiger partial charge in [0.05, 0.1) is 12.5 Å². The van der Waals surface area contributed by atoms with Crippen molar-refractivity contribution in [3.8, 4) is 0 Å². The van der Waals surface area contributed by atoms with E-state index in [1.54, 1.807) is 24.3 Å². The summed E-state index contributed by atoms with van der Waals surface area (Å²) in [5.74, 6) is -0.0917. The van der Waals surface area contributed by atoms with Crippen LogP contribution in [0, 0.1) is 6.92 Å². The number of amides is 2. The van der Waals surface area contributed by atoms with Crippen molar-refractivity contribution in [1.82, 2.24) is 5.32 Å². The molecule has 1 fully saturated rings. The van der Waals surface area contributed by atoms with Gasteiger partial charge in [-0.25, -0.2) is 0 Å². The SMILES string of the molecule is Cc1ccc(N(C(=O)c2ccco2)[C@@H](C(=O)NC2CCCC2)c2ccco2)cc1. The smallest absolute Gasteiger partial charge is 0.295 e. The van der Waals surface area contributed by atoms with Crippen molar-refractivity contribution in [1.29, 1.82) is 0 Å². The third-order valence-electron chi connectivity index (χ3n) is 5.28. The Morgan fingerprint density at radius 3 is 2.31 bits per heavy atom. The molecule has 1 aliphatic carbocycles. The van der Waals surface area contributed by atoms with Gasteiger partial charge in [0.2, 0.25) is 0 Å². The molecular formula is C23H24N2O4. The van der Waals surface area contributed by atoms with E-state index in [2.05, 4.69) is 5.32 Å². The summed E-state index contributed by atoms with van der Waals surface area (Å²) in [6, 6.07) is 13.3. The average molecular weight is 392 g/mol. The van der Waals surface area contributed by atoms with Crippen molar-refractivity contribution in [2.75, 3.05) is 4.90 Å². The molecular weight excluding hydrogens is 368 g/mol. The van der Waals surface area contributed by atoms with Gasteiger partial charge in [0.25, 0.3) is 11.8 Å². The van der Waals surface area contributed by atoms with Crippen LogP contribution in [0.2, 0.25) is 0 Å². The van der Waals surface area contributed by atoms with Gasteiger partial charge < -0.3 is 14.2 Å². The fraction of sp³-hybridized carbons (Fsp3) is 0.304. The van der Waals surface area contributed by atoms with Gasteiger partial charge >= 0.3 is 0 Å². The van der Waals surface area contributed by atoms with Crippen LogP contribution in [0.4, 0.5) is 5.69 Å². The number of anilines is 1. The zero-order chi connectivity index (χ0) is 20.2. The van der Waals surface area contributed by atoms with Gasteiger partial charge in [-0.15, -0.1) is 0 Å². The third-order valence-corrected chi connectivity index (χ3v) is 5.28. The van der Waals surface area contributed by atoms with Gasteiger partial charge in [0.15, 0.2) is 11.8 Å². The van der Waals surface area contributed by atoms with Crippen molar-refractivity contribution < 1.29 is 18.4 Å². The van der Waals surface area contributed by atoms with Gasteiger partial charge in [-0.2, -0.15) is 0 Å². The summed E-state index contributed by atoms with van der Waals surface area (Å²) in [5.41, 5.74) is 1.66. The number of aryl methyl sites for hydroxylation is 1. The minimum atomic E-state index is -0.939. The summed E-state index contributed by atoms with van der Waals surface area (Å²) in [7, 11) is 0. The minimum absolute atomic E-state index is 0.124. The maximum atomic E-state index is 13.4. The number of hydrogen-bond acceptors (Lipinski definition) is 4. The van der Waals surface area contributed by atoms with Crippen LogP contribution < -0.4 is 10.2 Å². The van der Waals surface area contributed by atoms with Gasteiger partial charge in [0, 0.05) is 11.7 Å². The quantitative estimate of drug-likeness (QED) is 0.664. The molecule has 0 unspecified atom stereocenters. The molecule has 4 rings (SSSR count). The number of rotatable bonds is 6. The van der Waals surface area contributed by atoms with Crippen molar-refractivity contribution in [3.63, 3.8) is 0 Å². The van der Waals surface area contributed by atoms with Gasteiger partial charge in [0.1, 0.15) is 5.76 Å². The summed E-state index contributed by atoms with van der Waals surface area (Å²) in [4.78, 5) is 28.2. The first kappa shape index (κ1) is 19.1. The molecule has 0 radical (unpaired) electrons. The van der Waals surface area contributed by atoms with Crippen LogP contribution in [0.1, 0.15) is 53.6 Å². The molecule has 2 amide bonds. The Morgan fingerprint density at radius 2 is 1.69 bits per heavy atom. The van der Waals surface area contributed by atoms with Crippen molar-refractivity contribution in [3.05, 3.63) is 78.1 Å². The topological polar surface area (TPSA) is 75.7 Å². The van der Waals surface area contributed by atoms with E-state index in [0.29, 0.717) is 11.4 Å². The molecule has 1 atom stereocenters. The fourth-order valence-electron chi connectivity index (χ4n) is 3.78. The van der Waals surface area contributed by atoms with E-state index in [1.807, 2.05) is 31.2 Å². The highest BCUT2D eigenvalue weighted by molar-refractivity contribution is 6.08. The normalized spacial score (nSPS) is 15.2. The van der Waals surface area contributed by atoms with E-state index >= 15 is 0 Å². The van der Waals surface area contributed by atoms with Crippen LogP contribution in [-0.2, 0) is 4.79 Å². The number of nitrogens with one attached hydrogen (secondary N) is 1. The average Bonchev–Trinajstić information content (AvgIpc) is 3.49. The van der Waals surface area contributed by atoms with Crippen molar-refractivity contribution >= 4 is 17.5 Å². The summed E-state index contributed by atoms with van der Waals surface area (Å²) >= 11 is 0. The lowest BCUT2D eigenvalue weighted by molar-refractivity contribution is -0.123. The number of hydrogen-bond donors (Lipinski definition) is 1. The largest absolute Gasteiger partial charge is 0.467 e. The molecule has 0 aliphatic heterocycles. The second kappa shape index (κ2) is 8.39. The molecule has 6 nitrogen and oxygen atoms in total. The zero-order valence-corrected chi connectivity index (χ0v) is 16.3. The third kappa shape index (κ3) is 4.11. The van der Waals surface area contributed by atoms with Crippen LogP contribution in [0.25, 0.3) is 0 Å². The predicted molar refractivity (Wildman–Crippen MR) is 109 cm³/mol. The van der Waals surface area contributed by atoms with E-state index in [-0.39, 0.29) is 17.7 Å². The van der Waals surface area contributed by atoms with Crippen LogP contribution in [0.3, 0.4) is 0 Å². The highest BCUT2D eigenvalue weighted by Gasteiger charge is 2.37. The van der Waals surface area contributed by atoms with Crippen LogP contribution in [-0.4, -0.2) is 17.9 Å². The first-order chi connectivity index (χ1) is 14.1. The van der Waals surface area contributed by atoms with Crippen LogP contribution in [0.5, 0.6) is 0 Å². The maximum absolute atomic E-state index is 13.4. The van der Waals surface area contributed by atoms with E-state index < -0.39 is 11.9 Å². The number of nitrogens with zero attached hydrogens (tertiary/aromatic N) is 1. The Morgan fingerprint density at radius 1 is 1.00 bits per heavy atom. The molecule has 2 heterocycles. The van der Waals surface area contributed by atoms with E-state index in [9.17, 15) is 9.59 Å². The van der Waals surface area contributed by atoms with Crippen LogP contribution >= 0.6 is 0 Å². The molecule has 29 heavy (non-hydrogen) atoms. The second-order valence-electron chi connectivity index (χ2n) is 7.40. The molecule has 0 saturated heterocycles. The lowest BCUT2D eigenvalue weighted by atomic mass is 10.1. The summed E-state index contributed by atoms with van der Waals surface area (Å²) in [5, 5.41) is 3.11. The zero-order valence-electron chi connectivity index (χ0n) is 16.3. The Labute approximate surface area is 169 Å². The predicted octanol–water partition coefficient (Wildman–Crippen LogP) is 4.63. The molecule has 6 heteroatoms.